The van der Waals surface area contributed by atoms with E-state index >= 15 is 0 Å². The molecule has 1 aromatic heterocycles. The summed E-state index contributed by atoms with van der Waals surface area (Å²) in [6.07, 6.45) is 10.5. The standard InChI is InChI=1S/C23H21N2O/c1-16-9-5-4-6-12-21-23(26-16)22(25(3)15-24-21)20-14-13-18-10-7-8-11-19(18)17(20)2/h4-11,13-15H,1,12H2,2-3H3/q+1/b6-4-,9-5-. The molecule has 0 spiro atoms. The van der Waals surface area contributed by atoms with Gasteiger partial charge in [0.2, 0.25) is 11.4 Å². The van der Waals surface area contributed by atoms with Crippen LogP contribution in [0.1, 0.15) is 11.3 Å². The maximum Gasteiger partial charge on any atom is 0.286 e. The SMILES string of the molecule is C=C1/C=C\C=C/Cc2nc[n+](C)c(-c3ccc4ccccc4c3C)c2O1. The first-order valence-electron chi connectivity index (χ1n) is 8.71. The van der Waals surface area contributed by atoms with Gasteiger partial charge in [-0.25, -0.2) is 4.57 Å². The summed E-state index contributed by atoms with van der Waals surface area (Å²) >= 11 is 0. The van der Waals surface area contributed by atoms with Gasteiger partial charge in [-0.3, -0.25) is 0 Å². The fourth-order valence-corrected chi connectivity index (χ4v) is 3.40. The van der Waals surface area contributed by atoms with E-state index in [-0.39, 0.29) is 0 Å². The molecule has 26 heavy (non-hydrogen) atoms. The van der Waals surface area contributed by atoms with E-state index in [9.17, 15) is 0 Å². The van der Waals surface area contributed by atoms with Gasteiger partial charge in [-0.15, -0.1) is 0 Å². The second-order valence-electron chi connectivity index (χ2n) is 6.50. The van der Waals surface area contributed by atoms with Crippen molar-refractivity contribution in [1.82, 2.24) is 4.98 Å². The predicted molar refractivity (Wildman–Crippen MR) is 105 cm³/mol. The van der Waals surface area contributed by atoms with Crippen molar-refractivity contribution in [2.24, 2.45) is 7.05 Å². The van der Waals surface area contributed by atoms with Crippen LogP contribution in [-0.2, 0) is 13.5 Å². The fourth-order valence-electron chi connectivity index (χ4n) is 3.40. The van der Waals surface area contributed by atoms with Crippen molar-refractivity contribution < 1.29 is 9.30 Å². The minimum Gasteiger partial charge on any atom is -0.449 e. The van der Waals surface area contributed by atoms with Crippen LogP contribution < -0.4 is 9.30 Å². The number of hydrogen-bond acceptors (Lipinski definition) is 2. The average molecular weight is 341 g/mol. The number of nitrogens with zero attached hydrogens (tertiary/aromatic N) is 2. The minimum atomic E-state index is 0.602. The van der Waals surface area contributed by atoms with Crippen LogP contribution in [0, 0.1) is 6.92 Å². The molecule has 0 aliphatic carbocycles. The molecule has 128 valence electrons. The van der Waals surface area contributed by atoms with Crippen molar-refractivity contribution in [3.63, 3.8) is 0 Å². The molecule has 0 saturated carbocycles. The molecule has 0 N–H and O–H groups in total. The van der Waals surface area contributed by atoms with E-state index in [2.05, 4.69) is 61.0 Å². The molecule has 0 bridgehead atoms. The van der Waals surface area contributed by atoms with E-state index in [1.54, 1.807) is 0 Å². The first kappa shape index (κ1) is 16.3. The smallest absolute Gasteiger partial charge is 0.286 e. The van der Waals surface area contributed by atoms with Crippen molar-refractivity contribution in [3.8, 4) is 17.0 Å². The summed E-state index contributed by atoms with van der Waals surface area (Å²) in [5.74, 6) is 1.38. The molecule has 1 aliphatic heterocycles. The van der Waals surface area contributed by atoms with Gasteiger partial charge < -0.3 is 4.74 Å². The van der Waals surface area contributed by atoms with E-state index in [1.165, 1.54) is 16.3 Å². The van der Waals surface area contributed by atoms with Gasteiger partial charge in [0.15, 0.2) is 5.69 Å². The summed E-state index contributed by atoms with van der Waals surface area (Å²) in [6, 6.07) is 12.8. The number of aryl methyl sites for hydroxylation is 2. The van der Waals surface area contributed by atoms with Gasteiger partial charge in [-0.2, -0.15) is 0 Å². The van der Waals surface area contributed by atoms with Crippen LogP contribution in [0.25, 0.3) is 22.0 Å². The number of ether oxygens (including phenoxy) is 1. The highest BCUT2D eigenvalue weighted by Gasteiger charge is 2.24. The molecule has 2 heterocycles. The van der Waals surface area contributed by atoms with Crippen LogP contribution >= 0.6 is 0 Å². The quantitative estimate of drug-likeness (QED) is 0.605. The number of hydrogen-bond donors (Lipinski definition) is 0. The van der Waals surface area contributed by atoms with Crippen molar-refractivity contribution in [3.05, 3.63) is 90.6 Å². The summed E-state index contributed by atoms with van der Waals surface area (Å²) in [5, 5.41) is 2.48. The zero-order chi connectivity index (χ0) is 18.1. The zero-order valence-corrected chi connectivity index (χ0v) is 15.1. The maximum absolute atomic E-state index is 6.15. The van der Waals surface area contributed by atoms with Gasteiger partial charge in [0.05, 0.1) is 7.05 Å². The third-order valence-corrected chi connectivity index (χ3v) is 4.74. The van der Waals surface area contributed by atoms with Crippen molar-refractivity contribution in [2.75, 3.05) is 0 Å². The van der Waals surface area contributed by atoms with Crippen molar-refractivity contribution >= 4 is 10.8 Å². The van der Waals surface area contributed by atoms with Gasteiger partial charge in [0, 0.05) is 12.0 Å². The molecule has 3 heteroatoms. The van der Waals surface area contributed by atoms with Crippen LogP contribution in [0.2, 0.25) is 0 Å². The summed E-state index contributed by atoms with van der Waals surface area (Å²) < 4.78 is 8.17. The van der Waals surface area contributed by atoms with Gasteiger partial charge in [0.1, 0.15) is 5.76 Å². The number of benzene rings is 2. The van der Waals surface area contributed by atoms with Crippen LogP contribution in [0.4, 0.5) is 0 Å². The number of allylic oxidation sites excluding steroid dienone is 4. The molecular weight excluding hydrogens is 320 g/mol. The van der Waals surface area contributed by atoms with Crippen LogP contribution in [0.3, 0.4) is 0 Å². The lowest BCUT2D eigenvalue weighted by Gasteiger charge is -2.15. The lowest BCUT2D eigenvalue weighted by atomic mass is 9.97. The molecule has 0 atom stereocenters. The van der Waals surface area contributed by atoms with E-state index < -0.39 is 0 Å². The van der Waals surface area contributed by atoms with E-state index in [4.69, 9.17) is 4.74 Å². The number of fused-ring (bicyclic) bond motifs is 2. The predicted octanol–water partition coefficient (Wildman–Crippen LogP) is 4.60. The maximum atomic E-state index is 6.15. The molecule has 0 unspecified atom stereocenters. The van der Waals surface area contributed by atoms with E-state index in [1.807, 2.05) is 36.2 Å². The first-order chi connectivity index (χ1) is 12.6. The number of rotatable bonds is 1. The highest BCUT2D eigenvalue weighted by atomic mass is 16.5. The summed E-state index contributed by atoms with van der Waals surface area (Å²) in [5.41, 5.74) is 4.30. The molecule has 1 aliphatic rings. The molecule has 4 rings (SSSR count). The van der Waals surface area contributed by atoms with Crippen molar-refractivity contribution in [2.45, 2.75) is 13.3 Å². The van der Waals surface area contributed by atoms with Gasteiger partial charge in [-0.05, 0) is 40.4 Å². The Morgan fingerprint density at radius 2 is 1.96 bits per heavy atom. The Balaban J connectivity index is 1.99. The Kier molecular flexibility index (Phi) is 4.13. The molecule has 3 nitrogen and oxygen atoms in total. The number of aromatic nitrogens is 2. The van der Waals surface area contributed by atoms with Gasteiger partial charge in [-0.1, -0.05) is 55.1 Å². The third kappa shape index (κ3) is 2.82. The molecule has 0 amide bonds. The monoisotopic (exact) mass is 341 g/mol. The lowest BCUT2D eigenvalue weighted by molar-refractivity contribution is -0.663. The van der Waals surface area contributed by atoms with Crippen LogP contribution in [-0.4, -0.2) is 4.98 Å². The van der Waals surface area contributed by atoms with E-state index in [0.717, 1.165) is 22.7 Å². The highest BCUT2D eigenvalue weighted by Crippen LogP contribution is 2.35. The van der Waals surface area contributed by atoms with Gasteiger partial charge in [0.25, 0.3) is 6.33 Å². The largest absolute Gasteiger partial charge is 0.449 e. The summed E-state index contributed by atoms with van der Waals surface area (Å²) in [4.78, 5) is 4.59. The Bertz CT molecular complexity index is 1080. The summed E-state index contributed by atoms with van der Waals surface area (Å²) in [7, 11) is 2.00. The molecule has 3 aromatic rings. The normalized spacial score (nSPS) is 16.2. The van der Waals surface area contributed by atoms with Gasteiger partial charge >= 0.3 is 0 Å². The Morgan fingerprint density at radius 1 is 1.12 bits per heavy atom. The third-order valence-electron chi connectivity index (χ3n) is 4.74. The molecule has 0 radical (unpaired) electrons. The van der Waals surface area contributed by atoms with E-state index in [0.29, 0.717) is 12.2 Å². The Labute approximate surface area is 153 Å². The Hall–Kier alpha value is -3.20. The van der Waals surface area contributed by atoms with Crippen LogP contribution in [0.5, 0.6) is 5.75 Å². The highest BCUT2D eigenvalue weighted by molar-refractivity contribution is 5.91. The zero-order valence-electron chi connectivity index (χ0n) is 15.1. The second-order valence-corrected chi connectivity index (χ2v) is 6.50. The van der Waals surface area contributed by atoms with Crippen molar-refractivity contribution in [1.29, 1.82) is 0 Å². The molecular formula is C23H21N2O+. The fraction of sp³-hybridized carbons (Fsp3) is 0.130. The molecule has 2 aromatic carbocycles. The topological polar surface area (TPSA) is 26.0 Å². The molecule has 0 saturated heterocycles. The average Bonchev–Trinajstić information content (AvgIpc) is 2.73. The second kappa shape index (κ2) is 6.60. The minimum absolute atomic E-state index is 0.602. The lowest BCUT2D eigenvalue weighted by Crippen LogP contribution is -2.33. The Morgan fingerprint density at radius 3 is 2.85 bits per heavy atom. The summed E-state index contributed by atoms with van der Waals surface area (Å²) in [6.45, 7) is 6.17. The van der Waals surface area contributed by atoms with Crippen LogP contribution in [0.15, 0.2) is 79.4 Å². The first-order valence-corrected chi connectivity index (χ1v) is 8.71. The molecule has 0 fully saturated rings.